The van der Waals surface area contributed by atoms with Gasteiger partial charge in [-0.3, -0.25) is 14.5 Å². The molecule has 2 aromatic heterocycles. The molecule has 21 heavy (non-hydrogen) atoms. The third-order valence-electron chi connectivity index (χ3n) is 3.27. The van der Waals surface area contributed by atoms with Gasteiger partial charge in [0.1, 0.15) is 11.3 Å². The first-order valence-corrected chi connectivity index (χ1v) is 6.17. The number of imidazole rings is 1. The predicted octanol–water partition coefficient (Wildman–Crippen LogP) is 3.62. The number of aromatic nitrogens is 2. The van der Waals surface area contributed by atoms with Crippen molar-refractivity contribution in [3.8, 4) is 11.3 Å². The van der Waals surface area contributed by atoms with E-state index in [1.807, 2.05) is 0 Å². The van der Waals surface area contributed by atoms with E-state index in [1.165, 1.54) is 6.07 Å². The molecule has 0 spiro atoms. The van der Waals surface area contributed by atoms with E-state index >= 15 is 0 Å². The van der Waals surface area contributed by atoms with Crippen LogP contribution in [0.5, 0.6) is 0 Å². The Morgan fingerprint density at radius 3 is 2.81 bits per heavy atom. The molecule has 0 bridgehead atoms. The molecule has 0 aliphatic heterocycles. The standard InChI is InChI=1S/C14H10N4O3/c1-9-5-6-10(8-11(9)18(20)21)13-14(16-19)17-7-3-2-4-12(17)15-13/h2-8H,1H3. The summed E-state index contributed by atoms with van der Waals surface area (Å²) in [6.07, 6.45) is 1.67. The first-order chi connectivity index (χ1) is 10.1. The fourth-order valence-electron chi connectivity index (χ4n) is 2.22. The molecule has 7 heteroatoms. The highest BCUT2D eigenvalue weighted by molar-refractivity contribution is 5.76. The van der Waals surface area contributed by atoms with E-state index in [-0.39, 0.29) is 11.5 Å². The highest BCUT2D eigenvalue weighted by Gasteiger charge is 2.18. The summed E-state index contributed by atoms with van der Waals surface area (Å²) >= 11 is 0. The van der Waals surface area contributed by atoms with Crippen molar-refractivity contribution in [3.05, 3.63) is 63.2 Å². The van der Waals surface area contributed by atoms with Gasteiger partial charge in [-0.1, -0.05) is 18.2 Å². The molecule has 0 aliphatic rings. The Labute approximate surface area is 119 Å². The summed E-state index contributed by atoms with van der Waals surface area (Å²) in [5.74, 6) is 0.128. The topological polar surface area (TPSA) is 89.9 Å². The Balaban J connectivity index is 2.27. The average Bonchev–Trinajstić information content (AvgIpc) is 2.85. The Bertz CT molecular complexity index is 870. The van der Waals surface area contributed by atoms with Gasteiger partial charge in [-0.05, 0) is 24.2 Å². The molecule has 1 aromatic carbocycles. The number of nitrogens with zero attached hydrogens (tertiary/aromatic N) is 4. The largest absolute Gasteiger partial charge is 0.281 e. The summed E-state index contributed by atoms with van der Waals surface area (Å²) in [6.45, 7) is 1.66. The Hall–Kier alpha value is -3.09. The number of aryl methyl sites for hydroxylation is 1. The molecule has 3 aromatic rings. The summed E-state index contributed by atoms with van der Waals surface area (Å²) in [5, 5.41) is 14.0. The second-order valence-corrected chi connectivity index (χ2v) is 4.56. The maximum Gasteiger partial charge on any atom is 0.272 e. The lowest BCUT2D eigenvalue weighted by molar-refractivity contribution is -0.385. The number of hydrogen-bond acceptors (Lipinski definition) is 5. The van der Waals surface area contributed by atoms with Crippen LogP contribution in [0.15, 0.2) is 47.8 Å². The summed E-state index contributed by atoms with van der Waals surface area (Å²) < 4.78 is 1.55. The lowest BCUT2D eigenvalue weighted by Gasteiger charge is -2.01. The fraction of sp³-hybridized carbons (Fsp3) is 0.0714. The quantitative estimate of drug-likeness (QED) is 0.417. The number of rotatable bonds is 3. The average molecular weight is 282 g/mol. The molecule has 0 N–H and O–H groups in total. The first-order valence-electron chi connectivity index (χ1n) is 6.17. The summed E-state index contributed by atoms with van der Waals surface area (Å²) in [7, 11) is 0. The number of benzene rings is 1. The van der Waals surface area contributed by atoms with Gasteiger partial charge in [0.05, 0.1) is 4.92 Å². The molecule has 0 unspecified atom stereocenters. The van der Waals surface area contributed by atoms with Gasteiger partial charge in [0.2, 0.25) is 5.82 Å². The molecule has 0 atom stereocenters. The van der Waals surface area contributed by atoms with Gasteiger partial charge in [-0.25, -0.2) is 4.98 Å². The lowest BCUT2D eigenvalue weighted by atomic mass is 10.1. The van der Waals surface area contributed by atoms with Gasteiger partial charge in [0, 0.05) is 23.4 Å². The van der Waals surface area contributed by atoms with Crippen LogP contribution in [0, 0.1) is 21.9 Å². The Morgan fingerprint density at radius 1 is 1.29 bits per heavy atom. The van der Waals surface area contributed by atoms with Crippen LogP contribution in [0.2, 0.25) is 0 Å². The van der Waals surface area contributed by atoms with E-state index < -0.39 is 4.92 Å². The SMILES string of the molecule is Cc1ccc(-c2nc3ccccn3c2N=O)cc1[N+](=O)[O-]. The zero-order valence-corrected chi connectivity index (χ0v) is 11.1. The molecule has 0 radical (unpaired) electrons. The molecule has 0 saturated heterocycles. The van der Waals surface area contributed by atoms with E-state index in [9.17, 15) is 15.0 Å². The molecule has 7 nitrogen and oxygen atoms in total. The normalized spacial score (nSPS) is 10.7. The van der Waals surface area contributed by atoms with Gasteiger partial charge in [-0.2, -0.15) is 0 Å². The van der Waals surface area contributed by atoms with Gasteiger partial charge >= 0.3 is 0 Å². The molecule has 0 amide bonds. The van der Waals surface area contributed by atoms with Gasteiger partial charge in [-0.15, -0.1) is 4.91 Å². The monoisotopic (exact) mass is 282 g/mol. The molecule has 0 saturated carbocycles. The molecule has 0 fully saturated rings. The number of fused-ring (bicyclic) bond motifs is 1. The van der Waals surface area contributed by atoms with Crippen LogP contribution < -0.4 is 0 Å². The van der Waals surface area contributed by atoms with Crippen LogP contribution >= 0.6 is 0 Å². The lowest BCUT2D eigenvalue weighted by Crippen LogP contribution is -1.92. The van der Waals surface area contributed by atoms with Crippen LogP contribution in [0.1, 0.15) is 5.56 Å². The third kappa shape index (κ3) is 2.04. The Kier molecular flexibility index (Phi) is 2.94. The van der Waals surface area contributed by atoms with E-state index in [4.69, 9.17) is 0 Å². The highest BCUT2D eigenvalue weighted by atomic mass is 16.6. The van der Waals surface area contributed by atoms with E-state index in [0.717, 1.165) is 0 Å². The maximum absolute atomic E-state index is 11.1. The third-order valence-corrected chi connectivity index (χ3v) is 3.27. The van der Waals surface area contributed by atoms with Crippen molar-refractivity contribution in [1.82, 2.24) is 9.38 Å². The van der Waals surface area contributed by atoms with Crippen molar-refractivity contribution in [3.63, 3.8) is 0 Å². The molecule has 2 heterocycles. The molecular weight excluding hydrogens is 272 g/mol. The molecule has 0 aliphatic carbocycles. The second kappa shape index (κ2) is 4.78. The van der Waals surface area contributed by atoms with E-state index in [1.54, 1.807) is 47.9 Å². The Morgan fingerprint density at radius 2 is 2.10 bits per heavy atom. The van der Waals surface area contributed by atoms with Crippen LogP contribution in [0.25, 0.3) is 16.9 Å². The summed E-state index contributed by atoms with van der Waals surface area (Å²) in [6, 6.07) is 10.0. The van der Waals surface area contributed by atoms with Crippen molar-refractivity contribution in [2.24, 2.45) is 5.18 Å². The maximum atomic E-state index is 11.1. The minimum absolute atomic E-state index is 0.0126. The van der Waals surface area contributed by atoms with Gasteiger partial charge < -0.3 is 0 Å². The van der Waals surface area contributed by atoms with Gasteiger partial charge in [0.15, 0.2) is 0 Å². The van der Waals surface area contributed by atoms with Gasteiger partial charge in [0.25, 0.3) is 5.69 Å². The minimum atomic E-state index is -0.456. The van der Waals surface area contributed by atoms with E-state index in [2.05, 4.69) is 10.2 Å². The van der Waals surface area contributed by atoms with Crippen molar-refractivity contribution in [2.45, 2.75) is 6.92 Å². The molecule has 104 valence electrons. The fourth-order valence-corrected chi connectivity index (χ4v) is 2.22. The van der Waals surface area contributed by atoms with Crippen LogP contribution in [-0.4, -0.2) is 14.3 Å². The molecular formula is C14H10N4O3. The first kappa shape index (κ1) is 12.9. The van der Waals surface area contributed by atoms with Crippen molar-refractivity contribution >= 4 is 17.2 Å². The molecule has 3 rings (SSSR count). The summed E-state index contributed by atoms with van der Waals surface area (Å²) in [4.78, 5) is 26.0. The smallest absolute Gasteiger partial charge is 0.272 e. The summed E-state index contributed by atoms with van der Waals surface area (Å²) in [5.41, 5.74) is 1.92. The number of hydrogen-bond donors (Lipinski definition) is 0. The van der Waals surface area contributed by atoms with Crippen LogP contribution in [0.4, 0.5) is 11.5 Å². The van der Waals surface area contributed by atoms with Crippen LogP contribution in [-0.2, 0) is 0 Å². The predicted molar refractivity (Wildman–Crippen MR) is 77.5 cm³/mol. The van der Waals surface area contributed by atoms with E-state index in [0.29, 0.717) is 22.5 Å². The zero-order valence-electron chi connectivity index (χ0n) is 11.1. The number of pyridine rings is 1. The van der Waals surface area contributed by atoms with Crippen molar-refractivity contribution in [2.75, 3.05) is 0 Å². The zero-order chi connectivity index (χ0) is 15.0. The highest BCUT2D eigenvalue weighted by Crippen LogP contribution is 2.33. The second-order valence-electron chi connectivity index (χ2n) is 4.56. The van der Waals surface area contributed by atoms with Crippen molar-refractivity contribution < 1.29 is 4.92 Å². The number of nitro benzene ring substituents is 1. The number of nitro groups is 1. The van der Waals surface area contributed by atoms with Crippen molar-refractivity contribution in [1.29, 1.82) is 0 Å². The number of nitroso groups, excluding NO2 is 1. The van der Waals surface area contributed by atoms with Crippen LogP contribution in [0.3, 0.4) is 0 Å². The minimum Gasteiger partial charge on any atom is -0.281 e.